The predicted octanol–water partition coefficient (Wildman–Crippen LogP) is 2.97. The summed E-state index contributed by atoms with van der Waals surface area (Å²) < 4.78 is 28.2. The van der Waals surface area contributed by atoms with Crippen LogP contribution in [0.1, 0.15) is 18.5 Å². The Balaban J connectivity index is 2.16. The van der Waals surface area contributed by atoms with Gasteiger partial charge in [-0.25, -0.2) is 8.78 Å². The number of anilines is 1. The van der Waals surface area contributed by atoms with Crippen LogP contribution in [-0.2, 0) is 4.79 Å². The van der Waals surface area contributed by atoms with Crippen LogP contribution in [0.25, 0.3) is 0 Å². The van der Waals surface area contributed by atoms with E-state index in [4.69, 9.17) is 0 Å². The zero-order chi connectivity index (χ0) is 15.0. The van der Waals surface area contributed by atoms with Crippen molar-refractivity contribution >= 4 is 11.6 Å². The lowest BCUT2D eigenvalue weighted by Gasteiger charge is -2.36. The molecule has 0 saturated heterocycles. The maximum Gasteiger partial charge on any atom is 0.162 e. The summed E-state index contributed by atoms with van der Waals surface area (Å²) in [5.74, 6) is -1.51. The van der Waals surface area contributed by atoms with Crippen LogP contribution >= 0.6 is 0 Å². The molecule has 2 aromatic rings. The summed E-state index contributed by atoms with van der Waals surface area (Å²) >= 11 is 0. The molecule has 6 heteroatoms. The van der Waals surface area contributed by atoms with E-state index in [9.17, 15) is 13.6 Å². The normalized spacial score (nSPS) is 21.9. The Morgan fingerprint density at radius 2 is 1.95 bits per heavy atom. The van der Waals surface area contributed by atoms with Crippen LogP contribution in [0.15, 0.2) is 42.7 Å². The van der Waals surface area contributed by atoms with Gasteiger partial charge in [-0.1, -0.05) is 13.0 Å². The van der Waals surface area contributed by atoms with Crippen molar-refractivity contribution in [2.45, 2.75) is 13.0 Å². The number of allylic oxidation sites excluding steroid dienone is 1. The minimum absolute atomic E-state index is 0.114. The molecule has 2 heterocycles. The number of carbonyl (C=O) groups excluding carboxylic acids is 1. The number of carbonyl (C=O) groups is 1. The van der Waals surface area contributed by atoms with Crippen LogP contribution in [0.3, 0.4) is 0 Å². The van der Waals surface area contributed by atoms with Gasteiger partial charge in [0.25, 0.3) is 0 Å². The lowest BCUT2D eigenvalue weighted by molar-refractivity contribution is -0.118. The number of aromatic amines is 1. The monoisotopic (exact) mass is 289 g/mol. The number of halogens is 2. The summed E-state index contributed by atoms with van der Waals surface area (Å²) in [6.07, 6.45) is 4.46. The lowest BCUT2D eigenvalue weighted by atomic mass is 9.87. The summed E-state index contributed by atoms with van der Waals surface area (Å²) in [6.45, 7) is 1.66. The number of hydrogen-bond acceptors (Lipinski definition) is 3. The first-order valence-electron chi connectivity index (χ1n) is 6.53. The van der Waals surface area contributed by atoms with Crippen LogP contribution in [0.2, 0.25) is 0 Å². The average molecular weight is 289 g/mol. The van der Waals surface area contributed by atoms with Gasteiger partial charge in [0.1, 0.15) is 17.5 Å². The summed E-state index contributed by atoms with van der Waals surface area (Å²) in [4.78, 5) is 13.6. The fraction of sp³-hybridized carbons (Fsp3) is 0.200. The van der Waals surface area contributed by atoms with Gasteiger partial charge >= 0.3 is 0 Å². The second kappa shape index (κ2) is 5.12. The molecule has 0 spiro atoms. The number of nitrogens with one attached hydrogen (secondary N) is 1. The van der Waals surface area contributed by atoms with E-state index in [0.717, 1.165) is 0 Å². The molecular weight excluding hydrogens is 276 g/mol. The quantitative estimate of drug-likeness (QED) is 0.924. The summed E-state index contributed by atoms with van der Waals surface area (Å²) in [5, 5.41) is 6.59. The average Bonchev–Trinajstić information content (AvgIpc) is 2.97. The number of hydrogen-bond donors (Lipinski definition) is 1. The lowest BCUT2D eigenvalue weighted by Crippen LogP contribution is -2.37. The van der Waals surface area contributed by atoms with E-state index in [0.29, 0.717) is 5.82 Å². The minimum Gasteiger partial charge on any atom is -0.325 e. The first-order chi connectivity index (χ1) is 10.1. The van der Waals surface area contributed by atoms with Crippen LogP contribution in [0.5, 0.6) is 0 Å². The van der Waals surface area contributed by atoms with Crippen LogP contribution in [0.4, 0.5) is 14.6 Å². The molecule has 1 aliphatic heterocycles. The van der Waals surface area contributed by atoms with Crippen LogP contribution in [-0.4, -0.2) is 16.0 Å². The number of nitrogens with zero attached hydrogens (tertiary/aromatic N) is 2. The molecule has 2 unspecified atom stereocenters. The standard InChI is InChI=1S/C15H13F2N3O/c1-9-12(21)6-8-20(13-5-7-18-19-13)15(9)14-10(16)3-2-4-11(14)17/h2-9,15H,1H3,(H,18,19). The van der Waals surface area contributed by atoms with Gasteiger partial charge in [-0.3, -0.25) is 9.89 Å². The van der Waals surface area contributed by atoms with Gasteiger partial charge in [-0.15, -0.1) is 0 Å². The van der Waals surface area contributed by atoms with Crippen molar-refractivity contribution in [3.63, 3.8) is 0 Å². The third-order valence-corrected chi connectivity index (χ3v) is 3.68. The summed E-state index contributed by atoms with van der Waals surface area (Å²) in [7, 11) is 0. The summed E-state index contributed by atoms with van der Waals surface area (Å²) in [5.41, 5.74) is -0.114. The highest BCUT2D eigenvalue weighted by atomic mass is 19.1. The highest BCUT2D eigenvalue weighted by Gasteiger charge is 2.36. The molecule has 1 aromatic carbocycles. The Bertz CT molecular complexity index is 677. The van der Waals surface area contributed by atoms with Crippen molar-refractivity contribution in [1.82, 2.24) is 10.2 Å². The van der Waals surface area contributed by atoms with E-state index in [1.807, 2.05) is 0 Å². The van der Waals surface area contributed by atoms with Gasteiger partial charge in [-0.05, 0) is 18.2 Å². The molecule has 0 radical (unpaired) electrons. The zero-order valence-electron chi connectivity index (χ0n) is 11.3. The molecule has 21 heavy (non-hydrogen) atoms. The van der Waals surface area contributed by atoms with Gasteiger partial charge < -0.3 is 4.90 Å². The number of rotatable bonds is 2. The molecule has 1 aromatic heterocycles. The molecule has 0 amide bonds. The Kier molecular flexibility index (Phi) is 3.29. The first-order valence-corrected chi connectivity index (χ1v) is 6.53. The second-order valence-corrected chi connectivity index (χ2v) is 4.94. The molecule has 0 aliphatic carbocycles. The van der Waals surface area contributed by atoms with Crippen molar-refractivity contribution < 1.29 is 13.6 Å². The molecule has 1 aliphatic rings. The number of ketones is 1. The maximum absolute atomic E-state index is 14.1. The molecule has 0 fully saturated rings. The van der Waals surface area contributed by atoms with Gasteiger partial charge in [0.2, 0.25) is 0 Å². The Hall–Kier alpha value is -2.50. The molecular formula is C15H13F2N3O. The molecule has 2 atom stereocenters. The largest absolute Gasteiger partial charge is 0.325 e. The molecule has 108 valence electrons. The topological polar surface area (TPSA) is 49.0 Å². The van der Waals surface area contributed by atoms with E-state index in [2.05, 4.69) is 10.2 Å². The molecule has 3 rings (SSSR count). The maximum atomic E-state index is 14.1. The highest BCUT2D eigenvalue weighted by molar-refractivity contribution is 5.94. The van der Waals surface area contributed by atoms with Gasteiger partial charge in [0, 0.05) is 23.7 Å². The van der Waals surface area contributed by atoms with E-state index in [1.54, 1.807) is 24.1 Å². The van der Waals surface area contributed by atoms with E-state index >= 15 is 0 Å². The molecule has 0 saturated carbocycles. The van der Waals surface area contributed by atoms with Crippen molar-refractivity contribution in [3.8, 4) is 0 Å². The van der Waals surface area contributed by atoms with Gasteiger partial charge in [0.15, 0.2) is 5.78 Å². The predicted molar refractivity (Wildman–Crippen MR) is 73.5 cm³/mol. The Morgan fingerprint density at radius 3 is 2.57 bits per heavy atom. The third-order valence-electron chi connectivity index (χ3n) is 3.68. The minimum atomic E-state index is -0.760. The SMILES string of the molecule is CC1C(=O)C=CN(c2ccn[nH]2)C1c1c(F)cccc1F. The second-order valence-electron chi connectivity index (χ2n) is 4.94. The fourth-order valence-electron chi connectivity index (χ4n) is 2.60. The smallest absolute Gasteiger partial charge is 0.162 e. The zero-order valence-corrected chi connectivity index (χ0v) is 11.3. The van der Waals surface area contributed by atoms with Crippen molar-refractivity contribution in [3.05, 3.63) is 59.9 Å². The van der Waals surface area contributed by atoms with Crippen molar-refractivity contribution in [2.75, 3.05) is 4.90 Å². The van der Waals surface area contributed by atoms with Gasteiger partial charge in [-0.2, -0.15) is 5.10 Å². The summed E-state index contributed by atoms with van der Waals surface area (Å²) in [6, 6.07) is 4.61. The number of H-pyrrole nitrogens is 1. The molecule has 4 nitrogen and oxygen atoms in total. The number of benzene rings is 1. The van der Waals surface area contributed by atoms with E-state index in [1.165, 1.54) is 30.5 Å². The Morgan fingerprint density at radius 1 is 1.24 bits per heavy atom. The van der Waals surface area contributed by atoms with Gasteiger partial charge in [0.05, 0.1) is 12.2 Å². The first kappa shape index (κ1) is 13.5. The molecule has 0 bridgehead atoms. The third kappa shape index (κ3) is 2.22. The Labute approximate surface area is 120 Å². The molecule has 1 N–H and O–H groups in total. The fourth-order valence-corrected chi connectivity index (χ4v) is 2.60. The highest BCUT2D eigenvalue weighted by Crippen LogP contribution is 2.38. The number of aromatic nitrogens is 2. The van der Waals surface area contributed by atoms with Crippen molar-refractivity contribution in [1.29, 1.82) is 0 Å². The van der Waals surface area contributed by atoms with Crippen LogP contribution in [0, 0.1) is 17.6 Å². The van der Waals surface area contributed by atoms with E-state index < -0.39 is 23.6 Å². The van der Waals surface area contributed by atoms with Crippen molar-refractivity contribution in [2.24, 2.45) is 5.92 Å². The van der Waals surface area contributed by atoms with E-state index in [-0.39, 0.29) is 11.3 Å². The van der Waals surface area contributed by atoms with Crippen LogP contribution < -0.4 is 4.90 Å².